The van der Waals surface area contributed by atoms with Gasteiger partial charge in [0.05, 0.1) is 17.8 Å². The van der Waals surface area contributed by atoms with Crippen LogP contribution in [0.25, 0.3) is 0 Å². The Morgan fingerprint density at radius 3 is 2.89 bits per heavy atom. The third kappa shape index (κ3) is 2.60. The van der Waals surface area contributed by atoms with Gasteiger partial charge >= 0.3 is 0 Å². The van der Waals surface area contributed by atoms with E-state index in [0.29, 0.717) is 11.8 Å². The number of rotatable bonds is 5. The molecule has 3 nitrogen and oxygen atoms in total. The van der Waals surface area contributed by atoms with E-state index in [0.717, 1.165) is 26.2 Å². The minimum absolute atomic E-state index is 0.0386. The van der Waals surface area contributed by atoms with Gasteiger partial charge in [0.1, 0.15) is 5.01 Å². The van der Waals surface area contributed by atoms with E-state index in [-0.39, 0.29) is 5.54 Å². The van der Waals surface area contributed by atoms with Gasteiger partial charge in [0, 0.05) is 17.9 Å². The highest BCUT2D eigenvalue weighted by molar-refractivity contribution is 7.09. The van der Waals surface area contributed by atoms with Crippen LogP contribution in [-0.2, 0) is 10.3 Å². The number of aromatic nitrogens is 1. The monoisotopic (exact) mass is 268 g/mol. The second-order valence-corrected chi connectivity index (χ2v) is 6.38. The standard InChI is InChI=1S/C14H24N2OS/c1-5-15-14(4,11-6-7-17-8-11)13-16-12(9-18-13)10(2)3/h9-11,15H,5-8H2,1-4H3. The van der Waals surface area contributed by atoms with Crippen molar-refractivity contribution in [2.45, 2.75) is 45.6 Å². The van der Waals surface area contributed by atoms with E-state index in [1.807, 2.05) is 0 Å². The Morgan fingerprint density at radius 2 is 2.39 bits per heavy atom. The van der Waals surface area contributed by atoms with E-state index in [1.54, 1.807) is 11.3 Å². The number of ether oxygens (including phenoxy) is 1. The number of nitrogens with one attached hydrogen (secondary N) is 1. The molecular formula is C14H24N2OS. The first-order valence-electron chi connectivity index (χ1n) is 6.86. The molecule has 1 aromatic heterocycles. The lowest BCUT2D eigenvalue weighted by Gasteiger charge is -2.33. The van der Waals surface area contributed by atoms with Gasteiger partial charge in [-0.3, -0.25) is 0 Å². The summed E-state index contributed by atoms with van der Waals surface area (Å²) in [5.74, 6) is 1.03. The molecule has 0 aliphatic carbocycles. The Bertz CT molecular complexity index is 385. The fourth-order valence-corrected chi connectivity index (χ4v) is 3.74. The van der Waals surface area contributed by atoms with Crippen LogP contribution in [0, 0.1) is 5.92 Å². The van der Waals surface area contributed by atoms with E-state index < -0.39 is 0 Å². The Kier molecular flexibility index (Phi) is 4.41. The van der Waals surface area contributed by atoms with Crippen molar-refractivity contribution in [3.05, 3.63) is 16.1 Å². The molecule has 0 aromatic carbocycles. The number of thiazole rings is 1. The minimum atomic E-state index is -0.0386. The van der Waals surface area contributed by atoms with Gasteiger partial charge in [0.25, 0.3) is 0 Å². The molecule has 0 saturated carbocycles. The van der Waals surface area contributed by atoms with Crippen molar-refractivity contribution in [3.63, 3.8) is 0 Å². The van der Waals surface area contributed by atoms with Crippen LogP contribution in [0.4, 0.5) is 0 Å². The zero-order valence-corrected chi connectivity index (χ0v) is 12.6. The summed E-state index contributed by atoms with van der Waals surface area (Å²) in [6, 6.07) is 0. The van der Waals surface area contributed by atoms with Crippen LogP contribution >= 0.6 is 11.3 Å². The first-order chi connectivity index (χ1) is 8.58. The van der Waals surface area contributed by atoms with Crippen LogP contribution in [0.15, 0.2) is 5.38 Å². The van der Waals surface area contributed by atoms with Crippen molar-refractivity contribution in [2.75, 3.05) is 19.8 Å². The lowest BCUT2D eigenvalue weighted by atomic mass is 9.85. The molecule has 2 unspecified atom stereocenters. The molecule has 1 aliphatic heterocycles. The molecule has 0 spiro atoms. The summed E-state index contributed by atoms with van der Waals surface area (Å²) in [4.78, 5) is 4.85. The maximum atomic E-state index is 5.56. The van der Waals surface area contributed by atoms with E-state index in [4.69, 9.17) is 9.72 Å². The van der Waals surface area contributed by atoms with Gasteiger partial charge in [0.15, 0.2) is 0 Å². The van der Waals surface area contributed by atoms with Crippen LogP contribution in [-0.4, -0.2) is 24.7 Å². The molecular weight excluding hydrogens is 244 g/mol. The van der Waals surface area contributed by atoms with Crippen molar-refractivity contribution in [2.24, 2.45) is 5.92 Å². The fourth-order valence-electron chi connectivity index (χ4n) is 2.54. The number of hydrogen-bond acceptors (Lipinski definition) is 4. The molecule has 0 bridgehead atoms. The predicted molar refractivity (Wildman–Crippen MR) is 76.2 cm³/mol. The third-order valence-electron chi connectivity index (χ3n) is 3.85. The summed E-state index contributed by atoms with van der Waals surface area (Å²) in [6.07, 6.45) is 1.13. The summed E-state index contributed by atoms with van der Waals surface area (Å²) < 4.78 is 5.56. The number of nitrogens with zero attached hydrogens (tertiary/aromatic N) is 1. The van der Waals surface area contributed by atoms with Crippen LogP contribution in [0.1, 0.15) is 50.7 Å². The SMILES string of the molecule is CCNC(C)(c1nc(C(C)C)cs1)C1CCOC1. The molecule has 2 heterocycles. The molecule has 0 amide bonds. The lowest BCUT2D eigenvalue weighted by Crippen LogP contribution is -2.46. The van der Waals surface area contributed by atoms with Crippen molar-refractivity contribution < 1.29 is 4.74 Å². The first-order valence-corrected chi connectivity index (χ1v) is 7.74. The van der Waals surface area contributed by atoms with Gasteiger partial charge in [-0.25, -0.2) is 4.98 Å². The summed E-state index contributed by atoms with van der Waals surface area (Å²) in [5.41, 5.74) is 1.17. The predicted octanol–water partition coefficient (Wildman–Crippen LogP) is 3.13. The summed E-state index contributed by atoms with van der Waals surface area (Å²) in [7, 11) is 0. The molecule has 1 fully saturated rings. The van der Waals surface area contributed by atoms with E-state index in [9.17, 15) is 0 Å². The van der Waals surface area contributed by atoms with Crippen molar-refractivity contribution >= 4 is 11.3 Å². The van der Waals surface area contributed by atoms with Crippen molar-refractivity contribution in [1.29, 1.82) is 0 Å². The maximum absolute atomic E-state index is 5.56. The Morgan fingerprint density at radius 1 is 1.61 bits per heavy atom. The van der Waals surface area contributed by atoms with Crippen molar-refractivity contribution in [1.82, 2.24) is 10.3 Å². The first kappa shape index (κ1) is 14.0. The molecule has 1 aliphatic rings. The van der Waals surface area contributed by atoms with Gasteiger partial charge in [-0.15, -0.1) is 11.3 Å². The van der Waals surface area contributed by atoms with Crippen LogP contribution in [0.2, 0.25) is 0 Å². The second-order valence-electron chi connectivity index (χ2n) is 5.53. The lowest BCUT2D eigenvalue weighted by molar-refractivity contribution is 0.153. The zero-order valence-electron chi connectivity index (χ0n) is 11.8. The smallest absolute Gasteiger partial charge is 0.113 e. The van der Waals surface area contributed by atoms with Crippen molar-refractivity contribution in [3.8, 4) is 0 Å². The highest BCUT2D eigenvalue weighted by Crippen LogP contribution is 2.37. The molecule has 1 N–H and O–H groups in total. The third-order valence-corrected chi connectivity index (χ3v) is 4.95. The fraction of sp³-hybridized carbons (Fsp3) is 0.786. The van der Waals surface area contributed by atoms with Gasteiger partial charge in [-0.2, -0.15) is 0 Å². The highest BCUT2D eigenvalue weighted by Gasteiger charge is 2.39. The van der Waals surface area contributed by atoms with E-state index in [2.05, 4.69) is 38.4 Å². The van der Waals surface area contributed by atoms with E-state index in [1.165, 1.54) is 10.7 Å². The van der Waals surface area contributed by atoms with Crippen LogP contribution in [0.5, 0.6) is 0 Å². The summed E-state index contributed by atoms with van der Waals surface area (Å²) >= 11 is 1.78. The van der Waals surface area contributed by atoms with Gasteiger partial charge in [-0.05, 0) is 25.8 Å². The second kappa shape index (κ2) is 5.68. The Balaban J connectivity index is 2.27. The summed E-state index contributed by atoms with van der Waals surface area (Å²) in [6.45, 7) is 11.5. The Hall–Kier alpha value is -0.450. The molecule has 102 valence electrons. The quantitative estimate of drug-likeness (QED) is 0.891. The van der Waals surface area contributed by atoms with Gasteiger partial charge in [0.2, 0.25) is 0 Å². The summed E-state index contributed by atoms with van der Waals surface area (Å²) in [5, 5.41) is 7.05. The molecule has 1 aromatic rings. The molecule has 1 saturated heterocycles. The molecule has 0 radical (unpaired) electrons. The molecule has 2 atom stereocenters. The van der Waals surface area contributed by atoms with E-state index >= 15 is 0 Å². The highest BCUT2D eigenvalue weighted by atomic mass is 32.1. The zero-order chi connectivity index (χ0) is 13.2. The maximum Gasteiger partial charge on any atom is 0.113 e. The van der Waals surface area contributed by atoms with Crippen LogP contribution < -0.4 is 5.32 Å². The minimum Gasteiger partial charge on any atom is -0.381 e. The molecule has 2 rings (SSSR count). The average molecular weight is 268 g/mol. The molecule has 18 heavy (non-hydrogen) atoms. The van der Waals surface area contributed by atoms with Crippen LogP contribution in [0.3, 0.4) is 0 Å². The Labute approximate surface area is 114 Å². The van der Waals surface area contributed by atoms with Gasteiger partial charge < -0.3 is 10.1 Å². The largest absolute Gasteiger partial charge is 0.381 e. The van der Waals surface area contributed by atoms with Gasteiger partial charge in [-0.1, -0.05) is 20.8 Å². The molecule has 4 heteroatoms. The average Bonchev–Trinajstić information content (AvgIpc) is 3.01. The number of hydrogen-bond donors (Lipinski definition) is 1. The topological polar surface area (TPSA) is 34.2 Å². The normalized spacial score (nSPS) is 23.5.